The second-order valence-corrected chi connectivity index (χ2v) is 4.26. The van der Waals surface area contributed by atoms with Gasteiger partial charge in [-0.1, -0.05) is 19.9 Å². The molecular formula is C14H20N2O2. The van der Waals surface area contributed by atoms with Gasteiger partial charge >= 0.3 is 0 Å². The van der Waals surface area contributed by atoms with Gasteiger partial charge in [-0.2, -0.15) is 0 Å². The lowest BCUT2D eigenvalue weighted by molar-refractivity contribution is -0.120. The first-order valence-corrected chi connectivity index (χ1v) is 6.25. The first kappa shape index (κ1) is 14.2. The molecule has 0 unspecified atom stereocenters. The first-order valence-electron chi connectivity index (χ1n) is 6.25. The molecule has 1 rings (SSSR count). The van der Waals surface area contributed by atoms with E-state index >= 15 is 0 Å². The molecular weight excluding hydrogens is 228 g/mol. The van der Waals surface area contributed by atoms with Crippen molar-refractivity contribution in [1.29, 1.82) is 0 Å². The molecule has 2 N–H and O–H groups in total. The SMILES string of the molecule is CCC(CC)C(=O)Nc1cccc(NC(C)=O)c1. The molecule has 0 saturated carbocycles. The minimum absolute atomic E-state index is 0.0278. The van der Waals surface area contributed by atoms with Gasteiger partial charge in [0.1, 0.15) is 0 Å². The van der Waals surface area contributed by atoms with Crippen LogP contribution in [0.4, 0.5) is 11.4 Å². The Bertz CT molecular complexity index is 426. The Morgan fingerprint density at radius 3 is 2.17 bits per heavy atom. The lowest BCUT2D eigenvalue weighted by Crippen LogP contribution is -2.21. The number of carbonyl (C=O) groups excluding carboxylic acids is 2. The number of amides is 2. The van der Waals surface area contributed by atoms with Gasteiger partial charge in [0.25, 0.3) is 0 Å². The quantitative estimate of drug-likeness (QED) is 0.841. The number of benzene rings is 1. The fourth-order valence-electron chi connectivity index (χ4n) is 1.78. The maximum absolute atomic E-state index is 11.9. The zero-order valence-electron chi connectivity index (χ0n) is 11.1. The summed E-state index contributed by atoms with van der Waals surface area (Å²) >= 11 is 0. The van der Waals surface area contributed by atoms with Gasteiger partial charge in [0, 0.05) is 24.2 Å². The van der Waals surface area contributed by atoms with Crippen molar-refractivity contribution in [2.75, 3.05) is 10.6 Å². The Labute approximate surface area is 108 Å². The smallest absolute Gasteiger partial charge is 0.227 e. The lowest BCUT2D eigenvalue weighted by Gasteiger charge is -2.13. The van der Waals surface area contributed by atoms with Crippen LogP contribution in [-0.4, -0.2) is 11.8 Å². The van der Waals surface area contributed by atoms with Crippen molar-refractivity contribution in [1.82, 2.24) is 0 Å². The number of anilines is 2. The van der Waals surface area contributed by atoms with Crippen molar-refractivity contribution in [2.45, 2.75) is 33.6 Å². The van der Waals surface area contributed by atoms with E-state index in [1.165, 1.54) is 6.92 Å². The van der Waals surface area contributed by atoms with E-state index < -0.39 is 0 Å². The Balaban J connectivity index is 2.72. The van der Waals surface area contributed by atoms with Crippen LogP contribution in [0.25, 0.3) is 0 Å². The van der Waals surface area contributed by atoms with Crippen molar-refractivity contribution in [2.24, 2.45) is 5.92 Å². The zero-order chi connectivity index (χ0) is 13.5. The number of nitrogens with one attached hydrogen (secondary N) is 2. The van der Waals surface area contributed by atoms with E-state index in [0.29, 0.717) is 11.4 Å². The molecule has 4 nitrogen and oxygen atoms in total. The van der Waals surface area contributed by atoms with Gasteiger partial charge in [-0.15, -0.1) is 0 Å². The van der Waals surface area contributed by atoms with E-state index in [4.69, 9.17) is 0 Å². The molecule has 0 fully saturated rings. The molecule has 0 aliphatic rings. The third kappa shape index (κ3) is 4.20. The van der Waals surface area contributed by atoms with E-state index in [1.54, 1.807) is 18.2 Å². The van der Waals surface area contributed by atoms with Gasteiger partial charge in [0.2, 0.25) is 11.8 Å². The highest BCUT2D eigenvalue weighted by molar-refractivity contribution is 5.94. The standard InChI is InChI=1S/C14H20N2O2/c1-4-11(5-2)14(18)16-13-8-6-7-12(9-13)15-10(3)17/h6-9,11H,4-5H2,1-3H3,(H,15,17)(H,16,18). The molecule has 1 aromatic carbocycles. The number of carbonyl (C=O) groups is 2. The summed E-state index contributed by atoms with van der Waals surface area (Å²) in [6.45, 7) is 5.46. The fourth-order valence-corrected chi connectivity index (χ4v) is 1.78. The summed E-state index contributed by atoms with van der Waals surface area (Å²) in [4.78, 5) is 22.9. The maximum Gasteiger partial charge on any atom is 0.227 e. The summed E-state index contributed by atoms with van der Waals surface area (Å²) in [5.41, 5.74) is 1.39. The molecule has 0 aliphatic carbocycles. The molecule has 0 atom stereocenters. The van der Waals surface area contributed by atoms with Crippen molar-refractivity contribution in [3.63, 3.8) is 0 Å². The van der Waals surface area contributed by atoms with Crippen molar-refractivity contribution in [3.8, 4) is 0 Å². The van der Waals surface area contributed by atoms with Gasteiger partial charge in [0.15, 0.2) is 0 Å². The van der Waals surface area contributed by atoms with E-state index in [9.17, 15) is 9.59 Å². The second-order valence-electron chi connectivity index (χ2n) is 4.26. The van der Waals surface area contributed by atoms with Crippen LogP contribution in [-0.2, 0) is 9.59 Å². The Hall–Kier alpha value is -1.84. The predicted octanol–water partition coefficient (Wildman–Crippen LogP) is 3.02. The van der Waals surface area contributed by atoms with E-state index in [0.717, 1.165) is 12.8 Å². The summed E-state index contributed by atoms with van der Waals surface area (Å²) in [5, 5.41) is 5.55. The first-order chi connectivity index (χ1) is 8.56. The molecule has 0 bridgehead atoms. The zero-order valence-corrected chi connectivity index (χ0v) is 11.1. The Morgan fingerprint density at radius 1 is 1.11 bits per heavy atom. The Morgan fingerprint density at radius 2 is 1.67 bits per heavy atom. The van der Waals surface area contributed by atoms with Gasteiger partial charge < -0.3 is 10.6 Å². The molecule has 98 valence electrons. The van der Waals surface area contributed by atoms with E-state index in [-0.39, 0.29) is 17.7 Å². The average molecular weight is 248 g/mol. The fraction of sp³-hybridized carbons (Fsp3) is 0.429. The van der Waals surface area contributed by atoms with E-state index in [1.807, 2.05) is 19.9 Å². The highest BCUT2D eigenvalue weighted by Gasteiger charge is 2.14. The summed E-state index contributed by atoms with van der Waals surface area (Å²) in [7, 11) is 0. The molecule has 1 aromatic rings. The molecule has 0 heterocycles. The summed E-state index contributed by atoms with van der Waals surface area (Å²) in [6.07, 6.45) is 1.65. The third-order valence-electron chi connectivity index (χ3n) is 2.81. The molecule has 0 spiro atoms. The van der Waals surface area contributed by atoms with Gasteiger partial charge in [-0.25, -0.2) is 0 Å². The molecule has 18 heavy (non-hydrogen) atoms. The van der Waals surface area contributed by atoms with E-state index in [2.05, 4.69) is 10.6 Å². The summed E-state index contributed by atoms with van der Waals surface area (Å²) < 4.78 is 0. The summed E-state index contributed by atoms with van der Waals surface area (Å²) in [5.74, 6) is -0.0622. The highest BCUT2D eigenvalue weighted by Crippen LogP contribution is 2.17. The van der Waals surface area contributed by atoms with Crippen LogP contribution in [0.5, 0.6) is 0 Å². The van der Waals surface area contributed by atoms with Crippen LogP contribution in [0.3, 0.4) is 0 Å². The summed E-state index contributed by atoms with van der Waals surface area (Å²) in [6, 6.07) is 7.15. The van der Waals surface area contributed by atoms with Crippen molar-refractivity contribution < 1.29 is 9.59 Å². The molecule has 4 heteroatoms. The van der Waals surface area contributed by atoms with Crippen LogP contribution in [0.2, 0.25) is 0 Å². The van der Waals surface area contributed by atoms with Gasteiger partial charge in [-0.05, 0) is 31.0 Å². The normalized spacial score (nSPS) is 10.2. The maximum atomic E-state index is 11.9. The number of hydrogen-bond acceptors (Lipinski definition) is 2. The molecule has 0 saturated heterocycles. The second kappa shape index (κ2) is 6.79. The van der Waals surface area contributed by atoms with Gasteiger partial charge in [-0.3, -0.25) is 9.59 Å². The molecule has 0 radical (unpaired) electrons. The average Bonchev–Trinajstić information content (AvgIpc) is 2.30. The van der Waals surface area contributed by atoms with Crippen LogP contribution in [0, 0.1) is 5.92 Å². The highest BCUT2D eigenvalue weighted by atomic mass is 16.2. The van der Waals surface area contributed by atoms with Crippen LogP contribution < -0.4 is 10.6 Å². The predicted molar refractivity (Wildman–Crippen MR) is 73.4 cm³/mol. The molecule has 0 aliphatic heterocycles. The third-order valence-corrected chi connectivity index (χ3v) is 2.81. The van der Waals surface area contributed by atoms with Gasteiger partial charge in [0.05, 0.1) is 0 Å². The molecule has 0 aromatic heterocycles. The number of rotatable bonds is 5. The topological polar surface area (TPSA) is 58.2 Å². The minimum atomic E-state index is -0.126. The van der Waals surface area contributed by atoms with Crippen LogP contribution >= 0.6 is 0 Å². The van der Waals surface area contributed by atoms with Crippen molar-refractivity contribution in [3.05, 3.63) is 24.3 Å². The largest absolute Gasteiger partial charge is 0.326 e. The minimum Gasteiger partial charge on any atom is -0.326 e. The Kier molecular flexibility index (Phi) is 5.36. The van der Waals surface area contributed by atoms with Crippen LogP contribution in [0.1, 0.15) is 33.6 Å². The lowest BCUT2D eigenvalue weighted by atomic mass is 10.0. The molecule has 2 amide bonds. The number of hydrogen-bond donors (Lipinski definition) is 2. The van der Waals surface area contributed by atoms with Crippen LogP contribution in [0.15, 0.2) is 24.3 Å². The monoisotopic (exact) mass is 248 g/mol. The van der Waals surface area contributed by atoms with Crippen molar-refractivity contribution >= 4 is 23.2 Å².